The predicted octanol–water partition coefficient (Wildman–Crippen LogP) is 2.91. The SMILES string of the molecule is C#CCn1c(=NC(=O)C2CCCN(S(=O)(=O)c3ccc(F)cc3)C2)sc2cc([N+](=O)[O-])ccc21. The van der Waals surface area contributed by atoms with Crippen LogP contribution in [0.3, 0.4) is 0 Å². The maximum atomic E-state index is 13.2. The van der Waals surface area contributed by atoms with Crippen molar-refractivity contribution in [2.75, 3.05) is 13.1 Å². The molecule has 0 saturated carbocycles. The summed E-state index contributed by atoms with van der Waals surface area (Å²) in [7, 11) is -3.89. The van der Waals surface area contributed by atoms with Crippen LogP contribution in [0.4, 0.5) is 10.1 Å². The Hall–Kier alpha value is -3.40. The summed E-state index contributed by atoms with van der Waals surface area (Å²) in [4.78, 5) is 28.1. The number of carbonyl (C=O) groups is 1. The van der Waals surface area contributed by atoms with E-state index in [1.54, 1.807) is 10.6 Å². The van der Waals surface area contributed by atoms with E-state index >= 15 is 0 Å². The third-order valence-corrected chi connectivity index (χ3v) is 8.44. The fourth-order valence-electron chi connectivity index (χ4n) is 3.81. The summed E-state index contributed by atoms with van der Waals surface area (Å²) >= 11 is 1.10. The lowest BCUT2D eigenvalue weighted by Crippen LogP contribution is -2.42. The van der Waals surface area contributed by atoms with Gasteiger partial charge in [-0.15, -0.1) is 6.42 Å². The van der Waals surface area contributed by atoms with Crippen molar-refractivity contribution in [2.24, 2.45) is 10.9 Å². The zero-order valence-corrected chi connectivity index (χ0v) is 19.4. The average Bonchev–Trinajstić information content (AvgIpc) is 3.15. The van der Waals surface area contributed by atoms with E-state index in [0.29, 0.717) is 23.1 Å². The van der Waals surface area contributed by atoms with E-state index in [1.807, 2.05) is 0 Å². The molecule has 176 valence electrons. The molecule has 0 N–H and O–H groups in total. The number of fused-ring (bicyclic) bond motifs is 1. The van der Waals surface area contributed by atoms with Gasteiger partial charge < -0.3 is 4.57 Å². The summed E-state index contributed by atoms with van der Waals surface area (Å²) in [6.07, 6.45) is 6.39. The highest BCUT2D eigenvalue weighted by Gasteiger charge is 2.33. The molecule has 1 unspecified atom stereocenters. The number of thiazole rings is 1. The second kappa shape index (κ2) is 9.46. The number of benzene rings is 2. The van der Waals surface area contributed by atoms with Crippen molar-refractivity contribution in [3.8, 4) is 12.3 Å². The molecule has 4 rings (SSSR count). The molecule has 1 atom stereocenters. The van der Waals surface area contributed by atoms with Crippen molar-refractivity contribution < 1.29 is 22.5 Å². The minimum Gasteiger partial charge on any atom is -0.305 e. The molecule has 9 nitrogen and oxygen atoms in total. The van der Waals surface area contributed by atoms with Gasteiger partial charge in [-0.2, -0.15) is 9.30 Å². The molecule has 0 spiro atoms. The molecule has 1 aliphatic heterocycles. The van der Waals surface area contributed by atoms with Gasteiger partial charge in [-0.25, -0.2) is 12.8 Å². The monoisotopic (exact) mass is 502 g/mol. The highest BCUT2D eigenvalue weighted by molar-refractivity contribution is 7.89. The number of aromatic nitrogens is 1. The number of amides is 1. The molecule has 34 heavy (non-hydrogen) atoms. The van der Waals surface area contributed by atoms with Crippen molar-refractivity contribution in [3.05, 3.63) is 63.2 Å². The largest absolute Gasteiger partial charge is 0.305 e. The van der Waals surface area contributed by atoms with Crippen molar-refractivity contribution in [1.82, 2.24) is 8.87 Å². The number of carbonyl (C=O) groups excluding carboxylic acids is 1. The average molecular weight is 503 g/mol. The van der Waals surface area contributed by atoms with Crippen molar-refractivity contribution in [3.63, 3.8) is 0 Å². The van der Waals surface area contributed by atoms with Gasteiger partial charge in [0.15, 0.2) is 4.80 Å². The van der Waals surface area contributed by atoms with E-state index in [0.717, 1.165) is 23.5 Å². The van der Waals surface area contributed by atoms with Gasteiger partial charge in [-0.3, -0.25) is 14.9 Å². The molecule has 1 saturated heterocycles. The number of hydrogen-bond donors (Lipinski definition) is 0. The van der Waals surface area contributed by atoms with E-state index < -0.39 is 32.6 Å². The highest BCUT2D eigenvalue weighted by Crippen LogP contribution is 2.26. The fraction of sp³-hybridized carbons (Fsp3) is 0.273. The number of terminal acetylenes is 1. The Kier molecular flexibility index (Phi) is 6.60. The molecule has 0 bridgehead atoms. The Morgan fingerprint density at radius 2 is 2.03 bits per heavy atom. The lowest BCUT2D eigenvalue weighted by molar-refractivity contribution is -0.384. The number of sulfonamides is 1. The number of halogens is 1. The van der Waals surface area contributed by atoms with E-state index in [2.05, 4.69) is 10.9 Å². The molecule has 1 amide bonds. The van der Waals surface area contributed by atoms with Gasteiger partial charge in [0.2, 0.25) is 10.0 Å². The quantitative estimate of drug-likeness (QED) is 0.302. The van der Waals surface area contributed by atoms with Crippen LogP contribution in [0.15, 0.2) is 52.4 Å². The predicted molar refractivity (Wildman–Crippen MR) is 124 cm³/mol. The van der Waals surface area contributed by atoms with Crippen LogP contribution in [-0.4, -0.2) is 41.2 Å². The van der Waals surface area contributed by atoms with Crippen LogP contribution in [0, 0.1) is 34.2 Å². The van der Waals surface area contributed by atoms with Crippen LogP contribution in [-0.2, 0) is 21.4 Å². The number of rotatable bonds is 5. The second-order valence-corrected chi connectivity index (χ2v) is 10.6. The van der Waals surface area contributed by atoms with E-state index in [4.69, 9.17) is 6.42 Å². The summed E-state index contributed by atoms with van der Waals surface area (Å²) < 4.78 is 42.5. The van der Waals surface area contributed by atoms with Crippen LogP contribution in [0.1, 0.15) is 12.8 Å². The standard InChI is InChI=1S/C22H19FN4O5S2/c1-2-11-26-19-10-7-17(27(29)30)13-20(19)33-22(26)24-21(28)15-4-3-12-25(14-15)34(31,32)18-8-5-16(23)6-9-18/h1,5-10,13,15H,3-4,11-12,14H2. The molecule has 12 heteroatoms. The highest BCUT2D eigenvalue weighted by atomic mass is 32.2. The van der Waals surface area contributed by atoms with E-state index in [1.165, 1.54) is 28.6 Å². The van der Waals surface area contributed by atoms with Crippen LogP contribution in [0.2, 0.25) is 0 Å². The maximum Gasteiger partial charge on any atom is 0.270 e. The summed E-state index contributed by atoms with van der Waals surface area (Å²) in [5.41, 5.74) is 0.526. The molecule has 1 fully saturated rings. The minimum absolute atomic E-state index is 0.0445. The first-order valence-corrected chi connectivity index (χ1v) is 12.5. The molecule has 3 aromatic rings. The Morgan fingerprint density at radius 1 is 1.29 bits per heavy atom. The van der Waals surface area contributed by atoms with Gasteiger partial charge in [0.1, 0.15) is 5.82 Å². The number of nitro benzene ring substituents is 1. The Bertz CT molecular complexity index is 1490. The van der Waals surface area contributed by atoms with Crippen molar-refractivity contribution in [2.45, 2.75) is 24.3 Å². The maximum absolute atomic E-state index is 13.2. The topological polar surface area (TPSA) is 115 Å². The van der Waals surface area contributed by atoms with Crippen molar-refractivity contribution >= 4 is 43.2 Å². The molecule has 0 aliphatic carbocycles. The summed E-state index contributed by atoms with van der Waals surface area (Å²) in [6, 6.07) is 8.85. The molecular weight excluding hydrogens is 483 g/mol. The molecule has 0 radical (unpaired) electrons. The van der Waals surface area contributed by atoms with Crippen molar-refractivity contribution in [1.29, 1.82) is 0 Å². The number of nitrogens with zero attached hydrogens (tertiary/aromatic N) is 4. The fourth-order valence-corrected chi connectivity index (χ4v) is 6.40. The second-order valence-electron chi connectivity index (χ2n) is 7.69. The Labute approximate surface area is 198 Å². The van der Waals surface area contributed by atoms with Gasteiger partial charge in [0, 0.05) is 25.2 Å². The molecule has 1 aromatic heterocycles. The Morgan fingerprint density at radius 3 is 2.71 bits per heavy atom. The molecular formula is C22H19FN4O5S2. The van der Waals surface area contributed by atoms with Gasteiger partial charge in [0.25, 0.3) is 11.6 Å². The number of non-ortho nitro benzene ring substituents is 1. The first-order chi connectivity index (χ1) is 16.2. The van der Waals surface area contributed by atoms with E-state index in [-0.39, 0.29) is 35.0 Å². The molecule has 1 aliphatic rings. The number of hydrogen-bond acceptors (Lipinski definition) is 6. The van der Waals surface area contributed by atoms with Crippen LogP contribution >= 0.6 is 11.3 Å². The summed E-state index contributed by atoms with van der Waals surface area (Å²) in [6.45, 7) is 0.306. The minimum atomic E-state index is -3.89. The van der Waals surface area contributed by atoms with Crippen LogP contribution in [0.25, 0.3) is 10.2 Å². The normalized spacial score (nSPS) is 17.5. The lowest BCUT2D eigenvalue weighted by Gasteiger charge is -2.30. The van der Waals surface area contributed by atoms with E-state index in [9.17, 15) is 27.7 Å². The first-order valence-electron chi connectivity index (χ1n) is 10.3. The third-order valence-electron chi connectivity index (χ3n) is 5.52. The zero-order valence-electron chi connectivity index (χ0n) is 17.8. The van der Waals surface area contributed by atoms with Gasteiger partial charge >= 0.3 is 0 Å². The van der Waals surface area contributed by atoms with Gasteiger partial charge in [0.05, 0.1) is 32.5 Å². The Balaban J connectivity index is 1.64. The molecule has 2 aromatic carbocycles. The third kappa shape index (κ3) is 4.63. The van der Waals surface area contributed by atoms with Crippen LogP contribution < -0.4 is 4.80 Å². The first kappa shape index (κ1) is 23.7. The summed E-state index contributed by atoms with van der Waals surface area (Å²) in [5.74, 6) is 0.790. The van der Waals surface area contributed by atoms with Crippen LogP contribution in [0.5, 0.6) is 0 Å². The zero-order chi connectivity index (χ0) is 24.5. The number of piperidine rings is 1. The smallest absolute Gasteiger partial charge is 0.270 e. The lowest BCUT2D eigenvalue weighted by atomic mass is 9.99. The molecule has 2 heterocycles. The number of nitro groups is 1. The summed E-state index contributed by atoms with van der Waals surface area (Å²) in [5, 5.41) is 11.1. The van der Waals surface area contributed by atoms with Gasteiger partial charge in [-0.1, -0.05) is 17.3 Å². The van der Waals surface area contributed by atoms with Gasteiger partial charge in [-0.05, 0) is 43.2 Å².